The van der Waals surface area contributed by atoms with Crippen LogP contribution in [0.2, 0.25) is 0 Å². The summed E-state index contributed by atoms with van der Waals surface area (Å²) in [5, 5.41) is 8.92. The van der Waals surface area contributed by atoms with Crippen LogP contribution in [0.25, 0.3) is 16.7 Å². The van der Waals surface area contributed by atoms with Gasteiger partial charge in [0.1, 0.15) is 11.3 Å². The number of rotatable bonds is 1. The van der Waals surface area contributed by atoms with Gasteiger partial charge in [0.25, 0.3) is 0 Å². The molecule has 20 heavy (non-hydrogen) atoms. The van der Waals surface area contributed by atoms with E-state index in [1.165, 1.54) is 10.6 Å². The first-order valence-corrected chi connectivity index (χ1v) is 6.11. The predicted octanol–water partition coefficient (Wildman–Crippen LogP) is 3.84. The number of nitrogens with one attached hydrogen (secondary N) is 1. The molecule has 6 heteroatoms. The second kappa shape index (κ2) is 4.54. The molecule has 0 saturated heterocycles. The van der Waals surface area contributed by atoms with Crippen molar-refractivity contribution in [2.75, 3.05) is 0 Å². The number of fused-ring (bicyclic) bond motifs is 1. The Balaban J connectivity index is 2.39. The Labute approximate surface area is 117 Å². The summed E-state index contributed by atoms with van der Waals surface area (Å²) in [5.74, 6) is -1.39. The number of aromatic nitrogens is 2. The first kappa shape index (κ1) is 12.5. The molecule has 3 aromatic rings. The minimum absolute atomic E-state index is 0.138. The number of hydrogen-bond acceptors (Lipinski definition) is 2. The monoisotopic (exact) mass is 287 g/mol. The van der Waals surface area contributed by atoms with E-state index in [4.69, 9.17) is 17.5 Å². The van der Waals surface area contributed by atoms with Gasteiger partial charge in [0, 0.05) is 17.8 Å². The lowest BCUT2D eigenvalue weighted by atomic mass is 10.2. The molecule has 0 radical (unpaired) electrons. The van der Waals surface area contributed by atoms with Crippen LogP contribution in [0.1, 0.15) is 5.56 Å². The maximum atomic E-state index is 13.7. The number of benzene rings is 2. The predicted molar refractivity (Wildman–Crippen MR) is 73.1 cm³/mol. The zero-order valence-corrected chi connectivity index (χ0v) is 10.8. The van der Waals surface area contributed by atoms with Crippen LogP contribution in [-0.2, 0) is 0 Å². The largest absolute Gasteiger partial charge is 0.328 e. The molecule has 1 heterocycles. The lowest BCUT2D eigenvalue weighted by Gasteiger charge is -2.05. The Morgan fingerprint density at radius 3 is 2.75 bits per heavy atom. The van der Waals surface area contributed by atoms with Crippen LogP contribution >= 0.6 is 12.2 Å². The SMILES string of the molecule is N#Cc1cccc(-n2c(=S)[nH]c3c(F)cc(F)cc32)c1. The molecule has 0 aliphatic heterocycles. The first-order chi connectivity index (χ1) is 9.60. The van der Waals surface area contributed by atoms with Gasteiger partial charge in [-0.2, -0.15) is 5.26 Å². The molecule has 0 amide bonds. The third-order valence-electron chi connectivity index (χ3n) is 2.94. The van der Waals surface area contributed by atoms with E-state index in [1.54, 1.807) is 24.3 Å². The minimum Gasteiger partial charge on any atom is -0.328 e. The number of aromatic amines is 1. The van der Waals surface area contributed by atoms with Crippen LogP contribution in [0, 0.1) is 27.7 Å². The van der Waals surface area contributed by atoms with E-state index in [-0.39, 0.29) is 10.3 Å². The summed E-state index contributed by atoms with van der Waals surface area (Å²) >= 11 is 5.15. The zero-order valence-electron chi connectivity index (χ0n) is 10.0. The fourth-order valence-electron chi connectivity index (χ4n) is 2.10. The maximum absolute atomic E-state index is 13.7. The van der Waals surface area contributed by atoms with Crippen molar-refractivity contribution in [1.82, 2.24) is 9.55 Å². The molecule has 0 aliphatic carbocycles. The Morgan fingerprint density at radius 2 is 2.00 bits per heavy atom. The van der Waals surface area contributed by atoms with Crippen LogP contribution < -0.4 is 0 Å². The molecule has 0 saturated carbocycles. The number of imidazole rings is 1. The van der Waals surface area contributed by atoms with E-state index < -0.39 is 11.6 Å². The summed E-state index contributed by atoms with van der Waals surface area (Å²) in [5.41, 5.74) is 1.45. The van der Waals surface area contributed by atoms with Crippen LogP contribution in [0.3, 0.4) is 0 Å². The Bertz CT molecular complexity index is 918. The lowest BCUT2D eigenvalue weighted by Crippen LogP contribution is -1.95. The van der Waals surface area contributed by atoms with Crippen molar-refractivity contribution in [2.45, 2.75) is 0 Å². The van der Waals surface area contributed by atoms with Gasteiger partial charge in [0.15, 0.2) is 10.6 Å². The number of nitrogens with zero attached hydrogens (tertiary/aromatic N) is 2. The van der Waals surface area contributed by atoms with Crippen molar-refractivity contribution < 1.29 is 8.78 Å². The lowest BCUT2D eigenvalue weighted by molar-refractivity contribution is 0.590. The minimum atomic E-state index is -0.707. The molecule has 1 N–H and O–H groups in total. The second-order valence-corrected chi connectivity index (χ2v) is 4.60. The van der Waals surface area contributed by atoms with E-state index >= 15 is 0 Å². The van der Waals surface area contributed by atoms with Crippen LogP contribution in [0.5, 0.6) is 0 Å². The molecule has 98 valence electrons. The molecule has 0 spiro atoms. The van der Waals surface area contributed by atoms with E-state index in [1.807, 2.05) is 6.07 Å². The third kappa shape index (κ3) is 1.89. The molecular formula is C14H7F2N3S. The summed E-state index contributed by atoms with van der Waals surface area (Å²) in [4.78, 5) is 2.71. The summed E-state index contributed by atoms with van der Waals surface area (Å²) in [6, 6.07) is 10.7. The quantitative estimate of drug-likeness (QED) is 0.691. The van der Waals surface area contributed by atoms with Crippen LogP contribution in [0.15, 0.2) is 36.4 Å². The molecule has 0 atom stereocenters. The summed E-state index contributed by atoms with van der Waals surface area (Å²) in [7, 11) is 0. The molecule has 0 unspecified atom stereocenters. The van der Waals surface area contributed by atoms with E-state index in [0.29, 0.717) is 16.8 Å². The van der Waals surface area contributed by atoms with Crippen molar-refractivity contribution in [3.8, 4) is 11.8 Å². The molecule has 0 aliphatic rings. The fourth-order valence-corrected chi connectivity index (χ4v) is 2.41. The fraction of sp³-hybridized carbons (Fsp3) is 0. The second-order valence-electron chi connectivity index (χ2n) is 4.21. The zero-order chi connectivity index (χ0) is 14.3. The van der Waals surface area contributed by atoms with Crippen molar-refractivity contribution >= 4 is 23.3 Å². The molecule has 0 fully saturated rings. The van der Waals surface area contributed by atoms with Crippen molar-refractivity contribution in [1.29, 1.82) is 5.26 Å². The van der Waals surface area contributed by atoms with Crippen LogP contribution in [0.4, 0.5) is 8.78 Å². The van der Waals surface area contributed by atoms with Crippen molar-refractivity contribution in [2.24, 2.45) is 0 Å². The number of hydrogen-bond donors (Lipinski definition) is 1. The maximum Gasteiger partial charge on any atom is 0.182 e. The van der Waals surface area contributed by atoms with Gasteiger partial charge < -0.3 is 4.98 Å². The summed E-state index contributed by atoms with van der Waals surface area (Å²) < 4.78 is 28.8. The van der Waals surface area contributed by atoms with Crippen molar-refractivity contribution in [3.63, 3.8) is 0 Å². The smallest absolute Gasteiger partial charge is 0.182 e. The number of nitriles is 1. The highest BCUT2D eigenvalue weighted by Crippen LogP contribution is 2.23. The van der Waals surface area contributed by atoms with Gasteiger partial charge in [0.05, 0.1) is 17.1 Å². The number of halogens is 2. The average molecular weight is 287 g/mol. The van der Waals surface area contributed by atoms with E-state index in [9.17, 15) is 8.78 Å². The Kier molecular flexibility index (Phi) is 2.84. The number of H-pyrrole nitrogens is 1. The average Bonchev–Trinajstić information content (AvgIpc) is 2.75. The molecule has 2 aromatic carbocycles. The van der Waals surface area contributed by atoms with Gasteiger partial charge in [-0.3, -0.25) is 4.57 Å². The Morgan fingerprint density at radius 1 is 1.20 bits per heavy atom. The molecular weight excluding hydrogens is 280 g/mol. The summed E-state index contributed by atoms with van der Waals surface area (Å²) in [6.07, 6.45) is 0. The normalized spacial score (nSPS) is 10.7. The summed E-state index contributed by atoms with van der Waals surface area (Å²) in [6.45, 7) is 0. The Hall–Kier alpha value is -2.52. The highest BCUT2D eigenvalue weighted by atomic mass is 32.1. The van der Waals surface area contributed by atoms with Gasteiger partial charge in [-0.05, 0) is 30.4 Å². The van der Waals surface area contributed by atoms with Gasteiger partial charge in [-0.1, -0.05) is 6.07 Å². The third-order valence-corrected chi connectivity index (χ3v) is 3.23. The van der Waals surface area contributed by atoms with Gasteiger partial charge in [-0.25, -0.2) is 8.78 Å². The topological polar surface area (TPSA) is 44.5 Å². The molecule has 0 bridgehead atoms. The van der Waals surface area contributed by atoms with Gasteiger partial charge in [-0.15, -0.1) is 0 Å². The molecule has 1 aromatic heterocycles. The first-order valence-electron chi connectivity index (χ1n) is 5.70. The van der Waals surface area contributed by atoms with Crippen LogP contribution in [-0.4, -0.2) is 9.55 Å². The standard InChI is InChI=1S/C14H7F2N3S/c15-9-5-11(16)13-12(6-9)19(14(20)18-13)10-3-1-2-8(4-10)7-17/h1-6H,(H,18,20). The van der Waals surface area contributed by atoms with Gasteiger partial charge >= 0.3 is 0 Å². The molecule has 3 rings (SSSR count). The highest BCUT2D eigenvalue weighted by Gasteiger charge is 2.12. The van der Waals surface area contributed by atoms with E-state index in [0.717, 1.165) is 6.07 Å². The molecule has 3 nitrogen and oxygen atoms in total. The van der Waals surface area contributed by atoms with Gasteiger partial charge in [0.2, 0.25) is 0 Å². The van der Waals surface area contributed by atoms with E-state index in [2.05, 4.69) is 4.98 Å². The van der Waals surface area contributed by atoms with Crippen molar-refractivity contribution in [3.05, 3.63) is 58.4 Å². The highest BCUT2D eigenvalue weighted by molar-refractivity contribution is 7.71.